The third kappa shape index (κ3) is 5.55. The maximum atomic E-state index is 12.3. The number of aryl methyl sites for hydroxylation is 1. The summed E-state index contributed by atoms with van der Waals surface area (Å²) in [6, 6.07) is 0. The average Bonchev–Trinajstić information content (AvgIpc) is 2.44. The zero-order chi connectivity index (χ0) is 17.8. The molecule has 0 bridgehead atoms. The Labute approximate surface area is 145 Å². The zero-order valence-corrected chi connectivity index (χ0v) is 15.7. The number of piperidine rings is 1. The van der Waals surface area contributed by atoms with Crippen molar-refractivity contribution in [1.82, 2.24) is 15.3 Å². The summed E-state index contributed by atoms with van der Waals surface area (Å²) in [5, 5.41) is 3.58. The molecule has 0 aliphatic carbocycles. The number of unbranched alkanes of at least 4 members (excludes halogenated alkanes) is 2. The van der Waals surface area contributed by atoms with Crippen molar-refractivity contribution >= 4 is 5.97 Å². The van der Waals surface area contributed by atoms with E-state index < -0.39 is 5.97 Å². The molecule has 5 heteroatoms. The minimum atomic E-state index is -0.423. The first-order valence-electron chi connectivity index (χ1n) is 9.02. The third-order valence-corrected chi connectivity index (χ3v) is 4.38. The number of nitrogens with zero attached hydrogens (tertiary/aromatic N) is 2. The Morgan fingerprint density at radius 1 is 1.17 bits per heavy atom. The zero-order valence-electron chi connectivity index (χ0n) is 15.7. The molecule has 1 aromatic heterocycles. The van der Waals surface area contributed by atoms with E-state index in [9.17, 15) is 4.79 Å². The van der Waals surface area contributed by atoms with Gasteiger partial charge >= 0.3 is 5.97 Å². The molecule has 1 aromatic rings. The Bertz CT molecular complexity index is 536. The molecular formula is C19H31N3O2. The standard InChI is InChI=1S/C19H31N3O2/c1-6-7-8-9-14-12-20-16(21-13-14)17(23)24-15-10-18(2,3)22-19(4,5)11-15/h12-13,15,22H,6-11H2,1-5H3. The van der Waals surface area contributed by atoms with Gasteiger partial charge in [0.05, 0.1) is 0 Å². The second-order valence-electron chi connectivity index (χ2n) is 8.20. The number of hydrogen-bond acceptors (Lipinski definition) is 5. The molecule has 0 aromatic carbocycles. The van der Waals surface area contributed by atoms with Gasteiger partial charge in [0.2, 0.25) is 5.82 Å². The Morgan fingerprint density at radius 3 is 2.29 bits per heavy atom. The van der Waals surface area contributed by atoms with Gasteiger partial charge in [-0.3, -0.25) is 0 Å². The lowest BCUT2D eigenvalue weighted by atomic mass is 9.81. The molecule has 1 aliphatic heterocycles. The summed E-state index contributed by atoms with van der Waals surface area (Å²) in [6.07, 6.45) is 9.43. The van der Waals surface area contributed by atoms with Gasteiger partial charge in [0.15, 0.2) is 0 Å². The van der Waals surface area contributed by atoms with Crippen molar-refractivity contribution < 1.29 is 9.53 Å². The molecule has 2 heterocycles. The first-order valence-corrected chi connectivity index (χ1v) is 9.02. The van der Waals surface area contributed by atoms with Crippen LogP contribution in [0.1, 0.15) is 82.9 Å². The van der Waals surface area contributed by atoms with E-state index in [1.807, 2.05) is 0 Å². The average molecular weight is 333 g/mol. The predicted octanol–water partition coefficient (Wildman–Crippen LogP) is 3.68. The van der Waals surface area contributed by atoms with E-state index in [2.05, 4.69) is 49.9 Å². The number of nitrogens with one attached hydrogen (secondary N) is 1. The van der Waals surface area contributed by atoms with Crippen molar-refractivity contribution in [2.24, 2.45) is 0 Å². The fraction of sp³-hybridized carbons (Fsp3) is 0.737. The topological polar surface area (TPSA) is 64.1 Å². The number of rotatable bonds is 6. The van der Waals surface area contributed by atoms with Crippen LogP contribution in [0.3, 0.4) is 0 Å². The predicted molar refractivity (Wildman–Crippen MR) is 95.0 cm³/mol. The van der Waals surface area contributed by atoms with Crippen LogP contribution in [0.2, 0.25) is 0 Å². The first kappa shape index (κ1) is 18.8. The number of esters is 1. The quantitative estimate of drug-likeness (QED) is 0.635. The lowest BCUT2D eigenvalue weighted by molar-refractivity contribution is -0.00746. The van der Waals surface area contributed by atoms with Crippen molar-refractivity contribution in [3.8, 4) is 0 Å². The van der Waals surface area contributed by atoms with Gasteiger partial charge in [-0.2, -0.15) is 0 Å². The van der Waals surface area contributed by atoms with Crippen LogP contribution in [0.25, 0.3) is 0 Å². The number of aromatic nitrogens is 2. The molecule has 5 nitrogen and oxygen atoms in total. The smallest absolute Gasteiger partial charge is 0.376 e. The number of carbonyl (C=O) groups is 1. The van der Waals surface area contributed by atoms with Crippen molar-refractivity contribution in [1.29, 1.82) is 0 Å². The SMILES string of the molecule is CCCCCc1cnc(C(=O)OC2CC(C)(C)NC(C)(C)C2)nc1. The van der Waals surface area contributed by atoms with Crippen molar-refractivity contribution in [2.45, 2.75) is 90.3 Å². The summed E-state index contributed by atoms with van der Waals surface area (Å²) in [4.78, 5) is 20.7. The monoisotopic (exact) mass is 333 g/mol. The molecule has 134 valence electrons. The molecule has 1 saturated heterocycles. The molecule has 1 fully saturated rings. The van der Waals surface area contributed by atoms with Crippen molar-refractivity contribution in [3.05, 3.63) is 23.8 Å². The van der Waals surface area contributed by atoms with Gasteiger partial charge in [0, 0.05) is 36.3 Å². The van der Waals surface area contributed by atoms with Gasteiger partial charge < -0.3 is 10.1 Å². The van der Waals surface area contributed by atoms with Crippen LogP contribution in [0.5, 0.6) is 0 Å². The summed E-state index contributed by atoms with van der Waals surface area (Å²) in [5.74, 6) is -0.267. The summed E-state index contributed by atoms with van der Waals surface area (Å²) < 4.78 is 5.68. The van der Waals surface area contributed by atoms with Crippen LogP contribution < -0.4 is 5.32 Å². The highest BCUT2D eigenvalue weighted by molar-refractivity contribution is 5.85. The van der Waals surface area contributed by atoms with E-state index in [4.69, 9.17) is 4.74 Å². The van der Waals surface area contributed by atoms with Crippen LogP contribution in [0.15, 0.2) is 12.4 Å². The van der Waals surface area contributed by atoms with Crippen LogP contribution in [-0.2, 0) is 11.2 Å². The maximum absolute atomic E-state index is 12.3. The van der Waals surface area contributed by atoms with E-state index in [-0.39, 0.29) is 23.0 Å². The van der Waals surface area contributed by atoms with E-state index >= 15 is 0 Å². The van der Waals surface area contributed by atoms with Gasteiger partial charge in [0.1, 0.15) is 6.10 Å². The van der Waals surface area contributed by atoms with Crippen molar-refractivity contribution in [3.63, 3.8) is 0 Å². The first-order chi connectivity index (χ1) is 11.2. The van der Waals surface area contributed by atoms with Gasteiger partial charge in [-0.05, 0) is 46.1 Å². The highest BCUT2D eigenvalue weighted by Crippen LogP contribution is 2.30. The normalized spacial score (nSPS) is 19.9. The van der Waals surface area contributed by atoms with E-state index in [1.165, 1.54) is 12.8 Å². The van der Waals surface area contributed by atoms with Gasteiger partial charge in [-0.1, -0.05) is 19.8 Å². The van der Waals surface area contributed by atoms with Gasteiger partial charge in [-0.15, -0.1) is 0 Å². The van der Waals surface area contributed by atoms with Crippen LogP contribution in [0, 0.1) is 0 Å². The Kier molecular flexibility index (Phi) is 5.97. The molecular weight excluding hydrogens is 302 g/mol. The summed E-state index contributed by atoms with van der Waals surface area (Å²) >= 11 is 0. The Morgan fingerprint density at radius 2 is 1.75 bits per heavy atom. The summed E-state index contributed by atoms with van der Waals surface area (Å²) in [7, 11) is 0. The van der Waals surface area contributed by atoms with E-state index in [0.29, 0.717) is 0 Å². The van der Waals surface area contributed by atoms with E-state index in [1.54, 1.807) is 12.4 Å². The summed E-state index contributed by atoms with van der Waals surface area (Å²) in [5.41, 5.74) is 0.956. The van der Waals surface area contributed by atoms with E-state index in [0.717, 1.165) is 31.2 Å². The molecule has 2 rings (SSSR count). The second-order valence-corrected chi connectivity index (χ2v) is 8.20. The molecule has 1 N–H and O–H groups in total. The number of carbonyl (C=O) groups excluding carboxylic acids is 1. The Balaban J connectivity index is 1.94. The van der Waals surface area contributed by atoms with Crippen molar-refractivity contribution in [2.75, 3.05) is 0 Å². The minimum Gasteiger partial charge on any atom is -0.456 e. The number of hydrogen-bond donors (Lipinski definition) is 1. The second kappa shape index (κ2) is 7.60. The molecule has 0 spiro atoms. The van der Waals surface area contributed by atoms with Crippen LogP contribution >= 0.6 is 0 Å². The molecule has 0 amide bonds. The maximum Gasteiger partial charge on any atom is 0.376 e. The molecule has 0 atom stereocenters. The number of ether oxygens (including phenoxy) is 1. The molecule has 0 saturated carbocycles. The minimum absolute atomic E-state index is 0.0588. The summed E-state index contributed by atoms with van der Waals surface area (Å²) in [6.45, 7) is 10.7. The lowest BCUT2D eigenvalue weighted by Crippen LogP contribution is -2.59. The molecule has 1 aliphatic rings. The van der Waals surface area contributed by atoms with Gasteiger partial charge in [0.25, 0.3) is 0 Å². The highest BCUT2D eigenvalue weighted by atomic mass is 16.5. The molecule has 0 unspecified atom stereocenters. The fourth-order valence-corrected chi connectivity index (χ4v) is 3.68. The largest absolute Gasteiger partial charge is 0.456 e. The van der Waals surface area contributed by atoms with Crippen LogP contribution in [0.4, 0.5) is 0 Å². The van der Waals surface area contributed by atoms with Crippen LogP contribution in [-0.4, -0.2) is 33.1 Å². The Hall–Kier alpha value is -1.49. The fourth-order valence-electron chi connectivity index (χ4n) is 3.68. The van der Waals surface area contributed by atoms with Gasteiger partial charge in [-0.25, -0.2) is 14.8 Å². The lowest BCUT2D eigenvalue weighted by Gasteiger charge is -2.45. The third-order valence-electron chi connectivity index (χ3n) is 4.38. The highest BCUT2D eigenvalue weighted by Gasteiger charge is 2.39. The molecule has 0 radical (unpaired) electrons. The molecule has 24 heavy (non-hydrogen) atoms.